The van der Waals surface area contributed by atoms with Crippen LogP contribution >= 0.6 is 11.6 Å². The Balaban J connectivity index is 2.00. The van der Waals surface area contributed by atoms with E-state index < -0.39 is 0 Å². The lowest BCUT2D eigenvalue weighted by molar-refractivity contribution is -0.121. The van der Waals surface area contributed by atoms with Crippen LogP contribution in [0.3, 0.4) is 0 Å². The van der Waals surface area contributed by atoms with Crippen molar-refractivity contribution in [2.45, 2.75) is 25.8 Å². The fraction of sp³-hybridized carbons (Fsp3) is 0.235. The third-order valence-electron chi connectivity index (χ3n) is 3.20. The third kappa shape index (κ3) is 4.10. The summed E-state index contributed by atoms with van der Waals surface area (Å²) >= 11 is 5.93. The maximum Gasteiger partial charge on any atom is 0.224 e. The Morgan fingerprint density at radius 3 is 2.55 bits per heavy atom. The SMILES string of the molecule is CC[C@H](NC(=O)Cc1cccc(Cl)c1)c1ccccc1. The van der Waals surface area contributed by atoms with Gasteiger partial charge in [0.1, 0.15) is 0 Å². The molecule has 0 aliphatic heterocycles. The summed E-state index contributed by atoms with van der Waals surface area (Å²) in [4.78, 5) is 12.1. The fourth-order valence-electron chi connectivity index (χ4n) is 2.18. The van der Waals surface area contributed by atoms with Crippen molar-refractivity contribution >= 4 is 17.5 Å². The Morgan fingerprint density at radius 2 is 1.90 bits per heavy atom. The normalized spacial score (nSPS) is 11.9. The number of rotatable bonds is 5. The van der Waals surface area contributed by atoms with Gasteiger partial charge in [0.2, 0.25) is 5.91 Å². The van der Waals surface area contributed by atoms with Crippen molar-refractivity contribution < 1.29 is 4.79 Å². The molecule has 0 saturated carbocycles. The highest BCUT2D eigenvalue weighted by atomic mass is 35.5. The Morgan fingerprint density at radius 1 is 1.15 bits per heavy atom. The Labute approximate surface area is 124 Å². The third-order valence-corrected chi connectivity index (χ3v) is 3.43. The molecule has 2 aromatic carbocycles. The van der Waals surface area contributed by atoms with Crippen LogP contribution in [0.25, 0.3) is 0 Å². The van der Waals surface area contributed by atoms with E-state index in [4.69, 9.17) is 11.6 Å². The van der Waals surface area contributed by atoms with Crippen LogP contribution in [-0.4, -0.2) is 5.91 Å². The molecule has 0 radical (unpaired) electrons. The van der Waals surface area contributed by atoms with E-state index in [-0.39, 0.29) is 11.9 Å². The van der Waals surface area contributed by atoms with Crippen molar-refractivity contribution in [2.24, 2.45) is 0 Å². The zero-order chi connectivity index (χ0) is 14.4. The van der Waals surface area contributed by atoms with E-state index in [0.29, 0.717) is 11.4 Å². The van der Waals surface area contributed by atoms with Crippen molar-refractivity contribution in [1.82, 2.24) is 5.32 Å². The number of carbonyl (C=O) groups excluding carboxylic acids is 1. The highest BCUT2D eigenvalue weighted by Crippen LogP contribution is 2.16. The van der Waals surface area contributed by atoms with Gasteiger partial charge in [0.25, 0.3) is 0 Å². The van der Waals surface area contributed by atoms with Gasteiger partial charge in [-0.2, -0.15) is 0 Å². The van der Waals surface area contributed by atoms with Crippen molar-refractivity contribution in [3.8, 4) is 0 Å². The van der Waals surface area contributed by atoms with E-state index in [2.05, 4.69) is 12.2 Å². The average molecular weight is 288 g/mol. The van der Waals surface area contributed by atoms with Gasteiger partial charge in [-0.25, -0.2) is 0 Å². The van der Waals surface area contributed by atoms with Crippen LogP contribution in [0.1, 0.15) is 30.5 Å². The maximum atomic E-state index is 12.1. The van der Waals surface area contributed by atoms with Crippen molar-refractivity contribution in [2.75, 3.05) is 0 Å². The number of carbonyl (C=O) groups is 1. The van der Waals surface area contributed by atoms with Crippen LogP contribution in [0.5, 0.6) is 0 Å². The van der Waals surface area contributed by atoms with E-state index in [1.807, 2.05) is 54.6 Å². The Hall–Kier alpha value is -1.80. The van der Waals surface area contributed by atoms with Gasteiger partial charge in [-0.15, -0.1) is 0 Å². The van der Waals surface area contributed by atoms with Crippen LogP contribution in [0.2, 0.25) is 5.02 Å². The first kappa shape index (κ1) is 14.6. The first-order valence-electron chi connectivity index (χ1n) is 6.77. The largest absolute Gasteiger partial charge is 0.349 e. The molecule has 0 heterocycles. The molecule has 1 atom stereocenters. The van der Waals surface area contributed by atoms with Gasteiger partial charge in [-0.05, 0) is 29.7 Å². The summed E-state index contributed by atoms with van der Waals surface area (Å²) in [5.74, 6) is 0.0166. The van der Waals surface area contributed by atoms with Crippen molar-refractivity contribution in [1.29, 1.82) is 0 Å². The van der Waals surface area contributed by atoms with E-state index in [0.717, 1.165) is 17.5 Å². The second-order valence-electron chi connectivity index (χ2n) is 4.75. The first-order chi connectivity index (χ1) is 9.69. The zero-order valence-electron chi connectivity index (χ0n) is 11.5. The number of amides is 1. The summed E-state index contributed by atoms with van der Waals surface area (Å²) in [6, 6.07) is 17.5. The monoisotopic (exact) mass is 287 g/mol. The van der Waals surface area contributed by atoms with Gasteiger partial charge < -0.3 is 5.32 Å². The topological polar surface area (TPSA) is 29.1 Å². The summed E-state index contributed by atoms with van der Waals surface area (Å²) < 4.78 is 0. The molecule has 0 aromatic heterocycles. The Kier molecular flexibility index (Phi) is 5.19. The maximum absolute atomic E-state index is 12.1. The molecule has 2 aromatic rings. The summed E-state index contributed by atoms with van der Waals surface area (Å²) in [5.41, 5.74) is 2.06. The zero-order valence-corrected chi connectivity index (χ0v) is 12.2. The van der Waals surface area contributed by atoms with Crippen LogP contribution in [0.15, 0.2) is 54.6 Å². The molecular weight excluding hydrogens is 270 g/mol. The minimum Gasteiger partial charge on any atom is -0.349 e. The van der Waals surface area contributed by atoms with Gasteiger partial charge in [0.05, 0.1) is 12.5 Å². The molecule has 2 nitrogen and oxygen atoms in total. The second kappa shape index (κ2) is 7.11. The number of benzene rings is 2. The highest BCUT2D eigenvalue weighted by Gasteiger charge is 2.12. The summed E-state index contributed by atoms with van der Waals surface area (Å²) in [6.45, 7) is 2.07. The molecule has 0 spiro atoms. The molecule has 0 bridgehead atoms. The molecule has 3 heteroatoms. The van der Waals surface area contributed by atoms with E-state index in [9.17, 15) is 4.79 Å². The van der Waals surface area contributed by atoms with E-state index >= 15 is 0 Å². The summed E-state index contributed by atoms with van der Waals surface area (Å²) in [6.07, 6.45) is 1.22. The first-order valence-corrected chi connectivity index (χ1v) is 7.15. The highest BCUT2D eigenvalue weighted by molar-refractivity contribution is 6.30. The molecule has 104 valence electrons. The summed E-state index contributed by atoms with van der Waals surface area (Å²) in [7, 11) is 0. The molecule has 1 N–H and O–H groups in total. The van der Waals surface area contributed by atoms with Crippen molar-refractivity contribution in [3.05, 3.63) is 70.7 Å². The molecule has 0 aliphatic carbocycles. The summed E-state index contributed by atoms with van der Waals surface area (Å²) in [5, 5.41) is 3.73. The van der Waals surface area contributed by atoms with Gasteiger partial charge in [0, 0.05) is 5.02 Å². The predicted octanol–water partition coefficient (Wildman–Crippen LogP) is 4.15. The number of nitrogens with one attached hydrogen (secondary N) is 1. The fourth-order valence-corrected chi connectivity index (χ4v) is 2.40. The molecule has 0 unspecified atom stereocenters. The van der Waals surface area contributed by atoms with Gasteiger partial charge in [0.15, 0.2) is 0 Å². The van der Waals surface area contributed by atoms with Crippen molar-refractivity contribution in [3.63, 3.8) is 0 Å². The molecule has 0 fully saturated rings. The lowest BCUT2D eigenvalue weighted by Crippen LogP contribution is -2.29. The van der Waals surface area contributed by atoms with E-state index in [1.54, 1.807) is 0 Å². The van der Waals surface area contributed by atoms with E-state index in [1.165, 1.54) is 0 Å². The molecular formula is C17H18ClNO. The number of hydrogen-bond donors (Lipinski definition) is 1. The molecule has 2 rings (SSSR count). The van der Waals surface area contributed by atoms with Gasteiger partial charge >= 0.3 is 0 Å². The van der Waals surface area contributed by atoms with Crippen LogP contribution in [0.4, 0.5) is 0 Å². The molecule has 20 heavy (non-hydrogen) atoms. The van der Waals surface area contributed by atoms with Crippen LogP contribution in [-0.2, 0) is 11.2 Å². The van der Waals surface area contributed by atoms with Crippen LogP contribution < -0.4 is 5.32 Å². The van der Waals surface area contributed by atoms with Gasteiger partial charge in [-0.1, -0.05) is 61.0 Å². The van der Waals surface area contributed by atoms with Crippen LogP contribution in [0, 0.1) is 0 Å². The smallest absolute Gasteiger partial charge is 0.224 e. The molecule has 0 aliphatic rings. The lowest BCUT2D eigenvalue weighted by atomic mass is 10.0. The lowest BCUT2D eigenvalue weighted by Gasteiger charge is -2.17. The van der Waals surface area contributed by atoms with Gasteiger partial charge in [-0.3, -0.25) is 4.79 Å². The number of halogens is 1. The number of hydrogen-bond acceptors (Lipinski definition) is 1. The molecule has 1 amide bonds. The quantitative estimate of drug-likeness (QED) is 0.879. The minimum atomic E-state index is 0.0166. The Bertz CT molecular complexity index is 568. The molecule has 0 saturated heterocycles. The average Bonchev–Trinajstić information content (AvgIpc) is 2.45. The second-order valence-corrected chi connectivity index (χ2v) is 5.18. The predicted molar refractivity (Wildman–Crippen MR) is 82.8 cm³/mol. The standard InChI is InChI=1S/C17H18ClNO/c1-2-16(14-8-4-3-5-9-14)19-17(20)12-13-7-6-10-15(18)11-13/h3-11,16H,2,12H2,1H3,(H,19,20)/t16-/m0/s1. The minimum absolute atomic E-state index is 0.0166.